The molecule has 0 fully saturated rings. The minimum absolute atomic E-state index is 0.0828. The van der Waals surface area contributed by atoms with E-state index in [1.54, 1.807) is 24.6 Å². The predicted molar refractivity (Wildman–Crippen MR) is 82.7 cm³/mol. The van der Waals surface area contributed by atoms with E-state index in [0.29, 0.717) is 6.61 Å². The van der Waals surface area contributed by atoms with Crippen molar-refractivity contribution in [3.63, 3.8) is 0 Å². The lowest BCUT2D eigenvalue weighted by Gasteiger charge is -2.20. The number of hydrogen-bond donors (Lipinski definition) is 1. The van der Waals surface area contributed by atoms with Gasteiger partial charge >= 0.3 is 0 Å². The summed E-state index contributed by atoms with van der Waals surface area (Å²) in [6.07, 6.45) is 1.79. The van der Waals surface area contributed by atoms with Gasteiger partial charge in [0.05, 0.1) is 18.0 Å². The second-order valence-corrected chi connectivity index (χ2v) is 6.72. The van der Waals surface area contributed by atoms with E-state index in [4.69, 9.17) is 4.74 Å². The largest absolute Gasteiger partial charge is 0.378 e. The van der Waals surface area contributed by atoms with E-state index in [-0.39, 0.29) is 5.54 Å². The van der Waals surface area contributed by atoms with Gasteiger partial charge in [-0.05, 0) is 32.9 Å². The molecule has 0 aliphatic heterocycles. The molecule has 0 atom stereocenters. The Morgan fingerprint density at radius 1 is 1.30 bits per heavy atom. The summed E-state index contributed by atoms with van der Waals surface area (Å²) in [5.41, 5.74) is 1.99. The van der Waals surface area contributed by atoms with Crippen molar-refractivity contribution in [1.82, 2.24) is 15.3 Å². The highest BCUT2D eigenvalue weighted by atomic mass is 32.1. The van der Waals surface area contributed by atoms with Gasteiger partial charge < -0.3 is 10.1 Å². The standard InChI is InChI=1S/C15H21N3OS/c1-15(2,3)17-9-13-12(10-19-4)18-14(20-13)11-7-5-6-8-16-11/h5-8,17H,9-10H2,1-4H3. The smallest absolute Gasteiger partial charge is 0.142 e. The number of methoxy groups -OCH3 is 1. The molecule has 0 unspecified atom stereocenters. The van der Waals surface area contributed by atoms with Crippen LogP contribution in [0.3, 0.4) is 0 Å². The van der Waals surface area contributed by atoms with Crippen molar-refractivity contribution in [2.45, 2.75) is 39.5 Å². The van der Waals surface area contributed by atoms with Crippen LogP contribution in [0.2, 0.25) is 0 Å². The Morgan fingerprint density at radius 3 is 2.70 bits per heavy atom. The molecule has 0 saturated heterocycles. The zero-order valence-electron chi connectivity index (χ0n) is 12.4. The van der Waals surface area contributed by atoms with Gasteiger partial charge in [-0.2, -0.15) is 0 Å². The monoisotopic (exact) mass is 291 g/mol. The van der Waals surface area contributed by atoms with Crippen LogP contribution in [-0.4, -0.2) is 22.6 Å². The first-order valence-corrected chi connectivity index (χ1v) is 7.45. The van der Waals surface area contributed by atoms with E-state index in [1.165, 1.54) is 4.88 Å². The highest BCUT2D eigenvalue weighted by Crippen LogP contribution is 2.27. The normalized spacial score (nSPS) is 11.8. The molecule has 0 spiro atoms. The molecule has 4 nitrogen and oxygen atoms in total. The van der Waals surface area contributed by atoms with Gasteiger partial charge in [-0.1, -0.05) is 6.07 Å². The summed E-state index contributed by atoms with van der Waals surface area (Å²) in [4.78, 5) is 10.2. The average molecular weight is 291 g/mol. The highest BCUT2D eigenvalue weighted by Gasteiger charge is 2.16. The molecule has 0 aromatic carbocycles. The van der Waals surface area contributed by atoms with Gasteiger partial charge in [0.25, 0.3) is 0 Å². The lowest BCUT2D eigenvalue weighted by Crippen LogP contribution is -2.35. The molecule has 2 aromatic rings. The van der Waals surface area contributed by atoms with Gasteiger partial charge in [0, 0.05) is 30.3 Å². The van der Waals surface area contributed by atoms with Gasteiger partial charge in [-0.3, -0.25) is 4.98 Å². The number of hydrogen-bond acceptors (Lipinski definition) is 5. The lowest BCUT2D eigenvalue weighted by atomic mass is 10.1. The molecule has 5 heteroatoms. The highest BCUT2D eigenvalue weighted by molar-refractivity contribution is 7.15. The number of pyridine rings is 1. The molecule has 108 valence electrons. The maximum absolute atomic E-state index is 5.25. The van der Waals surface area contributed by atoms with Gasteiger partial charge in [-0.25, -0.2) is 4.98 Å². The molecule has 0 aliphatic rings. The molecule has 0 saturated carbocycles. The topological polar surface area (TPSA) is 47.0 Å². The Bertz CT molecular complexity index is 546. The van der Waals surface area contributed by atoms with Gasteiger partial charge in [-0.15, -0.1) is 11.3 Å². The van der Waals surface area contributed by atoms with Crippen molar-refractivity contribution in [3.05, 3.63) is 35.0 Å². The number of nitrogens with one attached hydrogen (secondary N) is 1. The number of nitrogens with zero attached hydrogens (tertiary/aromatic N) is 2. The second kappa shape index (κ2) is 6.43. The molecule has 1 N–H and O–H groups in total. The number of rotatable bonds is 5. The third kappa shape index (κ3) is 4.10. The van der Waals surface area contributed by atoms with Gasteiger partial charge in [0.2, 0.25) is 0 Å². The van der Waals surface area contributed by atoms with Crippen LogP contribution >= 0.6 is 11.3 Å². The van der Waals surface area contributed by atoms with Crippen molar-refractivity contribution in [2.24, 2.45) is 0 Å². The maximum Gasteiger partial charge on any atom is 0.142 e. The third-order valence-corrected chi connectivity index (χ3v) is 3.84. The van der Waals surface area contributed by atoms with Crippen LogP contribution in [0.25, 0.3) is 10.7 Å². The number of thiazole rings is 1. The van der Waals surface area contributed by atoms with Crippen molar-refractivity contribution < 1.29 is 4.74 Å². The fraction of sp³-hybridized carbons (Fsp3) is 0.467. The average Bonchev–Trinajstić information content (AvgIpc) is 2.80. The van der Waals surface area contributed by atoms with E-state index < -0.39 is 0 Å². The Hall–Kier alpha value is -1.30. The first-order chi connectivity index (χ1) is 9.49. The van der Waals surface area contributed by atoms with E-state index in [9.17, 15) is 0 Å². The minimum atomic E-state index is 0.0828. The molecule has 0 aliphatic carbocycles. The molecule has 2 aromatic heterocycles. The maximum atomic E-state index is 5.25. The Kier molecular flexibility index (Phi) is 4.86. The molecule has 0 bridgehead atoms. The summed E-state index contributed by atoms with van der Waals surface area (Å²) in [5, 5.41) is 4.44. The predicted octanol–water partition coefficient (Wildman–Crippen LogP) is 3.24. The van der Waals surface area contributed by atoms with E-state index in [1.807, 2.05) is 18.2 Å². The zero-order chi connectivity index (χ0) is 14.6. The summed E-state index contributed by atoms with van der Waals surface area (Å²) in [6, 6.07) is 5.87. The molecule has 2 heterocycles. The summed E-state index contributed by atoms with van der Waals surface area (Å²) in [6.45, 7) is 7.80. The first-order valence-electron chi connectivity index (χ1n) is 6.63. The van der Waals surface area contributed by atoms with Crippen LogP contribution in [-0.2, 0) is 17.9 Å². The first kappa shape index (κ1) is 15.1. The minimum Gasteiger partial charge on any atom is -0.378 e. The zero-order valence-corrected chi connectivity index (χ0v) is 13.3. The van der Waals surface area contributed by atoms with Crippen LogP contribution in [0, 0.1) is 0 Å². The third-order valence-electron chi connectivity index (χ3n) is 2.72. The van der Waals surface area contributed by atoms with Crippen molar-refractivity contribution in [1.29, 1.82) is 0 Å². The molecule has 0 amide bonds. The van der Waals surface area contributed by atoms with Crippen LogP contribution < -0.4 is 5.32 Å². The van der Waals surface area contributed by atoms with E-state index >= 15 is 0 Å². The fourth-order valence-electron chi connectivity index (χ4n) is 1.72. The SMILES string of the molecule is COCc1nc(-c2ccccn2)sc1CNC(C)(C)C. The Labute approximate surface area is 124 Å². The molecule has 2 rings (SSSR count). The summed E-state index contributed by atoms with van der Waals surface area (Å²) in [7, 11) is 1.70. The summed E-state index contributed by atoms with van der Waals surface area (Å²) < 4.78 is 5.25. The quantitative estimate of drug-likeness (QED) is 0.918. The second-order valence-electron chi connectivity index (χ2n) is 5.64. The molecule has 0 radical (unpaired) electrons. The number of aromatic nitrogens is 2. The van der Waals surface area contributed by atoms with Crippen molar-refractivity contribution in [2.75, 3.05) is 7.11 Å². The Morgan fingerprint density at radius 2 is 2.10 bits per heavy atom. The summed E-state index contributed by atoms with van der Waals surface area (Å²) >= 11 is 1.68. The van der Waals surface area contributed by atoms with Crippen LogP contribution in [0.15, 0.2) is 24.4 Å². The van der Waals surface area contributed by atoms with Crippen molar-refractivity contribution >= 4 is 11.3 Å². The van der Waals surface area contributed by atoms with Crippen LogP contribution in [0.1, 0.15) is 31.3 Å². The van der Waals surface area contributed by atoms with Gasteiger partial charge in [0.1, 0.15) is 5.01 Å². The van der Waals surface area contributed by atoms with Crippen LogP contribution in [0.4, 0.5) is 0 Å². The molecular weight excluding hydrogens is 270 g/mol. The summed E-state index contributed by atoms with van der Waals surface area (Å²) in [5.74, 6) is 0. The van der Waals surface area contributed by atoms with Crippen molar-refractivity contribution in [3.8, 4) is 10.7 Å². The lowest BCUT2D eigenvalue weighted by molar-refractivity contribution is 0.181. The number of ether oxygens (including phenoxy) is 1. The Balaban J connectivity index is 2.24. The fourth-order valence-corrected chi connectivity index (χ4v) is 2.70. The van der Waals surface area contributed by atoms with Gasteiger partial charge in [0.15, 0.2) is 0 Å². The van der Waals surface area contributed by atoms with E-state index in [0.717, 1.165) is 22.9 Å². The van der Waals surface area contributed by atoms with E-state index in [2.05, 4.69) is 36.1 Å². The molecular formula is C15H21N3OS. The molecule has 20 heavy (non-hydrogen) atoms. The van der Waals surface area contributed by atoms with Crippen LogP contribution in [0.5, 0.6) is 0 Å².